The Labute approximate surface area is 140 Å². The Morgan fingerprint density at radius 2 is 1.79 bits per heavy atom. The number of hydrogen-bond acceptors (Lipinski definition) is 6. The highest BCUT2D eigenvalue weighted by Crippen LogP contribution is 2.30. The highest BCUT2D eigenvalue weighted by molar-refractivity contribution is 6.01. The van der Waals surface area contributed by atoms with Crippen LogP contribution in [0.15, 0.2) is 41.8 Å². The van der Waals surface area contributed by atoms with Crippen molar-refractivity contribution >= 4 is 11.7 Å². The molecule has 1 fully saturated rings. The number of oxime groups is 1. The summed E-state index contributed by atoms with van der Waals surface area (Å²) < 4.78 is 0. The predicted molar refractivity (Wildman–Crippen MR) is 91.1 cm³/mol. The van der Waals surface area contributed by atoms with Gasteiger partial charge in [0, 0.05) is 43.5 Å². The summed E-state index contributed by atoms with van der Waals surface area (Å²) in [6.07, 6.45) is 6.55. The van der Waals surface area contributed by atoms with Gasteiger partial charge in [-0.2, -0.15) is 0 Å². The lowest BCUT2D eigenvalue weighted by Gasteiger charge is -2.35. The van der Waals surface area contributed by atoms with Gasteiger partial charge >= 0.3 is 0 Å². The molecule has 0 unspecified atom stereocenters. The van der Waals surface area contributed by atoms with Gasteiger partial charge in [-0.15, -0.1) is 0 Å². The molecule has 5 rings (SSSR count). The van der Waals surface area contributed by atoms with Gasteiger partial charge in [0.05, 0.1) is 5.71 Å². The first kappa shape index (κ1) is 13.9. The van der Waals surface area contributed by atoms with E-state index in [0.717, 1.165) is 43.6 Å². The topological polar surface area (TPSA) is 71.4 Å². The summed E-state index contributed by atoms with van der Waals surface area (Å²) >= 11 is 0. The van der Waals surface area contributed by atoms with Crippen LogP contribution in [-0.2, 0) is 17.7 Å². The van der Waals surface area contributed by atoms with Crippen molar-refractivity contribution in [3.63, 3.8) is 0 Å². The molecule has 1 aliphatic carbocycles. The third-order valence-electron chi connectivity index (χ3n) is 5.10. The summed E-state index contributed by atoms with van der Waals surface area (Å²) in [5.41, 5.74) is 4.60. The summed E-state index contributed by atoms with van der Waals surface area (Å²) in [5, 5.41) is 10.9. The molecule has 1 aromatic carbocycles. The van der Waals surface area contributed by atoms with Crippen LogP contribution in [0.25, 0.3) is 0 Å². The van der Waals surface area contributed by atoms with E-state index in [-0.39, 0.29) is 5.60 Å². The van der Waals surface area contributed by atoms with Gasteiger partial charge in [0.1, 0.15) is 0 Å². The molecule has 0 radical (unpaired) electrons. The third-order valence-corrected chi connectivity index (χ3v) is 5.10. The van der Waals surface area contributed by atoms with E-state index < -0.39 is 0 Å². The van der Waals surface area contributed by atoms with Crippen LogP contribution in [0.1, 0.15) is 23.1 Å². The maximum Gasteiger partial charge on any atom is 0.222 e. The largest absolute Gasteiger partial charge is 0.386 e. The fraction of sp³-hybridized carbons (Fsp3) is 0.389. The van der Waals surface area contributed by atoms with Crippen molar-refractivity contribution in [3.8, 4) is 0 Å². The second-order valence-electron chi connectivity index (χ2n) is 6.91. The van der Waals surface area contributed by atoms with Gasteiger partial charge in [0.15, 0.2) is 5.60 Å². The second kappa shape index (κ2) is 5.27. The molecule has 3 heterocycles. The zero-order chi connectivity index (χ0) is 16.0. The molecule has 3 aliphatic rings. The van der Waals surface area contributed by atoms with Crippen molar-refractivity contribution in [3.05, 3.63) is 53.3 Å². The van der Waals surface area contributed by atoms with E-state index in [1.54, 1.807) is 0 Å². The van der Waals surface area contributed by atoms with Gasteiger partial charge in [-0.1, -0.05) is 29.4 Å². The van der Waals surface area contributed by atoms with Crippen molar-refractivity contribution in [2.24, 2.45) is 5.16 Å². The Bertz CT molecular complexity index is 772. The first-order valence-corrected chi connectivity index (χ1v) is 8.41. The molecule has 2 N–H and O–H groups in total. The average Bonchev–Trinajstić information content (AvgIpc) is 3.19. The molecule has 6 heteroatoms. The van der Waals surface area contributed by atoms with E-state index in [1.165, 1.54) is 11.1 Å². The van der Waals surface area contributed by atoms with Crippen molar-refractivity contribution < 1.29 is 4.84 Å². The minimum absolute atomic E-state index is 0.123. The SMILES string of the molecule is c1ccc2c(c1)CC(Nc1ncc(C3=NOC4(CNC4)C3)cn1)C2. The second-order valence-corrected chi connectivity index (χ2v) is 6.91. The van der Waals surface area contributed by atoms with Crippen LogP contribution >= 0.6 is 0 Å². The molecule has 0 atom stereocenters. The van der Waals surface area contributed by atoms with Crippen LogP contribution in [0.5, 0.6) is 0 Å². The maximum absolute atomic E-state index is 5.57. The van der Waals surface area contributed by atoms with E-state index in [9.17, 15) is 0 Å². The van der Waals surface area contributed by atoms with Crippen LogP contribution in [0.2, 0.25) is 0 Å². The van der Waals surface area contributed by atoms with E-state index in [2.05, 4.69) is 50.0 Å². The van der Waals surface area contributed by atoms with Crippen LogP contribution in [0, 0.1) is 0 Å². The van der Waals surface area contributed by atoms with Gasteiger partial charge in [0.2, 0.25) is 5.95 Å². The van der Waals surface area contributed by atoms with Crippen LogP contribution in [0.4, 0.5) is 5.95 Å². The van der Waals surface area contributed by atoms with Gasteiger partial charge in [-0.05, 0) is 24.0 Å². The average molecular weight is 321 g/mol. The Kier molecular flexibility index (Phi) is 3.06. The Morgan fingerprint density at radius 3 is 2.38 bits per heavy atom. The summed E-state index contributed by atoms with van der Waals surface area (Å²) in [7, 11) is 0. The Morgan fingerprint density at radius 1 is 1.08 bits per heavy atom. The fourth-order valence-corrected chi connectivity index (χ4v) is 3.66. The molecule has 0 saturated carbocycles. The van der Waals surface area contributed by atoms with Crippen molar-refractivity contribution in [2.45, 2.75) is 30.9 Å². The molecule has 2 aromatic rings. The van der Waals surface area contributed by atoms with E-state index >= 15 is 0 Å². The number of anilines is 1. The molecular weight excluding hydrogens is 302 g/mol. The lowest BCUT2D eigenvalue weighted by atomic mass is 9.90. The number of rotatable bonds is 3. The summed E-state index contributed by atoms with van der Waals surface area (Å²) in [4.78, 5) is 14.5. The molecule has 24 heavy (non-hydrogen) atoms. The molecule has 2 aliphatic heterocycles. The van der Waals surface area contributed by atoms with Crippen LogP contribution in [0.3, 0.4) is 0 Å². The van der Waals surface area contributed by atoms with Crippen molar-refractivity contribution in [2.75, 3.05) is 18.4 Å². The maximum atomic E-state index is 5.57. The van der Waals surface area contributed by atoms with Crippen molar-refractivity contribution in [1.29, 1.82) is 0 Å². The number of fused-ring (bicyclic) bond motifs is 1. The molecule has 1 saturated heterocycles. The van der Waals surface area contributed by atoms with Gasteiger partial charge in [-0.25, -0.2) is 9.97 Å². The van der Waals surface area contributed by atoms with Gasteiger partial charge in [-0.3, -0.25) is 0 Å². The van der Waals surface area contributed by atoms with Gasteiger partial charge in [0.25, 0.3) is 0 Å². The van der Waals surface area contributed by atoms with Crippen molar-refractivity contribution in [1.82, 2.24) is 15.3 Å². The number of aromatic nitrogens is 2. The predicted octanol–water partition coefficient (Wildman–Crippen LogP) is 1.52. The Balaban J connectivity index is 1.25. The molecule has 0 bridgehead atoms. The molecule has 1 aromatic heterocycles. The molecule has 6 nitrogen and oxygen atoms in total. The zero-order valence-corrected chi connectivity index (χ0v) is 13.3. The highest BCUT2D eigenvalue weighted by atomic mass is 16.7. The smallest absolute Gasteiger partial charge is 0.222 e. The summed E-state index contributed by atoms with van der Waals surface area (Å²) in [5.74, 6) is 0.677. The summed E-state index contributed by atoms with van der Waals surface area (Å²) in [6, 6.07) is 8.96. The minimum atomic E-state index is -0.123. The zero-order valence-electron chi connectivity index (χ0n) is 13.3. The van der Waals surface area contributed by atoms with Crippen LogP contribution in [-0.4, -0.2) is 40.4 Å². The molecule has 0 amide bonds. The van der Waals surface area contributed by atoms with E-state index in [1.807, 2.05) is 12.4 Å². The standard InChI is InChI=1S/C18H19N5O/c1-2-4-13-6-15(5-12(13)3-1)22-17-20-8-14(9-21-17)16-7-18(24-23-16)10-19-11-18/h1-4,8-9,15,19H,5-7,10-11H2,(H,20,21,22). The first-order chi connectivity index (χ1) is 11.8. The lowest BCUT2D eigenvalue weighted by molar-refractivity contribution is -0.0559. The number of benzene rings is 1. The van der Waals surface area contributed by atoms with E-state index in [4.69, 9.17) is 4.84 Å². The van der Waals surface area contributed by atoms with Gasteiger partial charge < -0.3 is 15.5 Å². The van der Waals surface area contributed by atoms with E-state index in [0.29, 0.717) is 12.0 Å². The monoisotopic (exact) mass is 321 g/mol. The quantitative estimate of drug-likeness (QED) is 0.897. The first-order valence-electron chi connectivity index (χ1n) is 8.41. The fourth-order valence-electron chi connectivity index (χ4n) is 3.66. The number of nitrogens with one attached hydrogen (secondary N) is 2. The van der Waals surface area contributed by atoms with Crippen LogP contribution < -0.4 is 10.6 Å². The molecular formula is C18H19N5O. The minimum Gasteiger partial charge on any atom is -0.386 e. The Hall–Kier alpha value is -2.47. The molecule has 122 valence electrons. The highest BCUT2D eigenvalue weighted by Gasteiger charge is 2.45. The lowest BCUT2D eigenvalue weighted by Crippen LogP contribution is -2.59. The molecule has 1 spiro atoms. The summed E-state index contributed by atoms with van der Waals surface area (Å²) in [6.45, 7) is 1.73. The third kappa shape index (κ3) is 2.34. The number of hydrogen-bond donors (Lipinski definition) is 2. The normalized spacial score (nSPS) is 21.1. The number of nitrogens with zero attached hydrogens (tertiary/aromatic N) is 3.